The van der Waals surface area contributed by atoms with Gasteiger partial charge in [0, 0.05) is 18.8 Å². The molecule has 0 spiro atoms. The van der Waals surface area contributed by atoms with Gasteiger partial charge in [0.2, 0.25) is 0 Å². The second-order valence-electron chi connectivity index (χ2n) is 3.93. The highest BCUT2D eigenvalue weighted by atomic mass is 15.0. The fraction of sp³-hybridized carbons (Fsp3) is 0.545. The van der Waals surface area contributed by atoms with Crippen molar-refractivity contribution in [3.05, 3.63) is 24.0 Å². The number of rotatable bonds is 4. The summed E-state index contributed by atoms with van der Waals surface area (Å²) in [6.45, 7) is 3.04. The van der Waals surface area contributed by atoms with Crippen LogP contribution in [0.4, 0.5) is 5.69 Å². The van der Waals surface area contributed by atoms with Crippen LogP contribution in [-0.4, -0.2) is 11.0 Å². The van der Waals surface area contributed by atoms with Crippen molar-refractivity contribution in [1.82, 2.24) is 10.3 Å². The second-order valence-corrected chi connectivity index (χ2v) is 3.93. The summed E-state index contributed by atoms with van der Waals surface area (Å²) in [7, 11) is 0. The van der Waals surface area contributed by atoms with Gasteiger partial charge in [-0.3, -0.25) is 4.98 Å². The van der Waals surface area contributed by atoms with Crippen LogP contribution in [-0.2, 0) is 6.54 Å². The van der Waals surface area contributed by atoms with Gasteiger partial charge in [-0.2, -0.15) is 0 Å². The normalized spacial score (nSPS) is 24.9. The van der Waals surface area contributed by atoms with Gasteiger partial charge in [0.1, 0.15) is 0 Å². The quantitative estimate of drug-likeness (QED) is 0.759. The van der Waals surface area contributed by atoms with Crippen LogP contribution in [0.1, 0.15) is 25.5 Å². The van der Waals surface area contributed by atoms with Crippen molar-refractivity contribution in [2.24, 2.45) is 5.92 Å². The zero-order chi connectivity index (χ0) is 9.97. The van der Waals surface area contributed by atoms with E-state index in [0.29, 0.717) is 6.04 Å². The lowest BCUT2D eigenvalue weighted by atomic mass is 10.3. The molecule has 3 N–H and O–H groups in total. The third-order valence-corrected chi connectivity index (χ3v) is 2.90. The summed E-state index contributed by atoms with van der Waals surface area (Å²) in [5.41, 5.74) is 7.54. The maximum Gasteiger partial charge on any atom is 0.0770 e. The molecule has 76 valence electrons. The lowest BCUT2D eigenvalue weighted by Gasteiger charge is -2.05. The Morgan fingerprint density at radius 2 is 2.50 bits per heavy atom. The first-order valence-corrected chi connectivity index (χ1v) is 5.24. The lowest BCUT2D eigenvalue weighted by molar-refractivity contribution is 0.617. The highest BCUT2D eigenvalue weighted by Crippen LogP contribution is 2.33. The smallest absolute Gasteiger partial charge is 0.0770 e. The third kappa shape index (κ3) is 2.04. The number of nitrogens with two attached hydrogens (primary N) is 1. The zero-order valence-corrected chi connectivity index (χ0v) is 8.53. The van der Waals surface area contributed by atoms with Gasteiger partial charge < -0.3 is 11.1 Å². The molecule has 1 saturated carbocycles. The molecule has 3 nitrogen and oxygen atoms in total. The van der Waals surface area contributed by atoms with Crippen molar-refractivity contribution >= 4 is 5.69 Å². The van der Waals surface area contributed by atoms with Gasteiger partial charge in [0.25, 0.3) is 0 Å². The Bertz CT molecular complexity index is 311. The van der Waals surface area contributed by atoms with Crippen molar-refractivity contribution in [3.63, 3.8) is 0 Å². The van der Waals surface area contributed by atoms with Crippen LogP contribution < -0.4 is 11.1 Å². The molecule has 0 aliphatic heterocycles. The summed E-state index contributed by atoms with van der Waals surface area (Å²) in [5, 5.41) is 3.47. The summed E-state index contributed by atoms with van der Waals surface area (Å²) in [6, 6.07) is 4.46. The number of nitrogens with one attached hydrogen (secondary N) is 1. The van der Waals surface area contributed by atoms with Crippen LogP contribution in [0.2, 0.25) is 0 Å². The third-order valence-electron chi connectivity index (χ3n) is 2.90. The fourth-order valence-corrected chi connectivity index (χ4v) is 1.77. The molecule has 2 atom stereocenters. The SMILES string of the molecule is CCC1CC1NCc1ncccc1N. The van der Waals surface area contributed by atoms with E-state index in [2.05, 4.69) is 17.2 Å². The minimum absolute atomic E-state index is 0.696. The van der Waals surface area contributed by atoms with E-state index in [1.54, 1.807) is 6.20 Å². The number of nitrogen functional groups attached to an aromatic ring is 1. The van der Waals surface area contributed by atoms with Gasteiger partial charge in [-0.1, -0.05) is 13.3 Å². The van der Waals surface area contributed by atoms with Crippen molar-refractivity contribution in [3.8, 4) is 0 Å². The predicted molar refractivity (Wildman–Crippen MR) is 57.7 cm³/mol. The molecule has 0 saturated heterocycles. The minimum Gasteiger partial charge on any atom is -0.397 e. The highest BCUT2D eigenvalue weighted by Gasteiger charge is 2.34. The standard InChI is InChI=1S/C11H17N3/c1-2-8-6-10(8)14-7-11-9(12)4-3-5-13-11/h3-5,8,10,14H,2,6-7,12H2,1H3. The van der Waals surface area contributed by atoms with Crippen LogP contribution in [0.5, 0.6) is 0 Å². The first-order valence-electron chi connectivity index (χ1n) is 5.24. The average molecular weight is 191 g/mol. The number of hydrogen-bond acceptors (Lipinski definition) is 3. The van der Waals surface area contributed by atoms with E-state index in [0.717, 1.165) is 23.8 Å². The molecule has 3 heteroatoms. The Hall–Kier alpha value is -1.09. The molecule has 1 heterocycles. The van der Waals surface area contributed by atoms with Gasteiger partial charge >= 0.3 is 0 Å². The summed E-state index contributed by atoms with van der Waals surface area (Å²) >= 11 is 0. The Labute approximate surface area is 84.7 Å². The maximum absolute atomic E-state index is 5.79. The van der Waals surface area contributed by atoms with Crippen molar-refractivity contribution in [2.75, 3.05) is 5.73 Å². The van der Waals surface area contributed by atoms with E-state index in [1.165, 1.54) is 12.8 Å². The molecular formula is C11H17N3. The average Bonchev–Trinajstić information content (AvgIpc) is 2.95. The number of anilines is 1. The molecule has 2 unspecified atom stereocenters. The topological polar surface area (TPSA) is 50.9 Å². The van der Waals surface area contributed by atoms with Gasteiger partial charge in [-0.15, -0.1) is 0 Å². The molecule has 0 aromatic carbocycles. The molecule has 1 aromatic heterocycles. The fourth-order valence-electron chi connectivity index (χ4n) is 1.77. The summed E-state index contributed by atoms with van der Waals surface area (Å²) < 4.78 is 0. The Morgan fingerprint density at radius 1 is 1.64 bits per heavy atom. The van der Waals surface area contributed by atoms with Crippen LogP contribution in [0.15, 0.2) is 18.3 Å². The number of nitrogens with zero attached hydrogens (tertiary/aromatic N) is 1. The van der Waals surface area contributed by atoms with E-state index < -0.39 is 0 Å². The van der Waals surface area contributed by atoms with Crippen molar-refractivity contribution < 1.29 is 0 Å². The Morgan fingerprint density at radius 3 is 3.14 bits per heavy atom. The molecule has 0 bridgehead atoms. The van der Waals surface area contributed by atoms with E-state index in [4.69, 9.17) is 5.73 Å². The molecule has 1 aliphatic rings. The van der Waals surface area contributed by atoms with E-state index >= 15 is 0 Å². The van der Waals surface area contributed by atoms with Crippen molar-refractivity contribution in [2.45, 2.75) is 32.4 Å². The van der Waals surface area contributed by atoms with Crippen LogP contribution in [0, 0.1) is 5.92 Å². The molecular weight excluding hydrogens is 174 g/mol. The lowest BCUT2D eigenvalue weighted by Crippen LogP contribution is -2.19. The highest BCUT2D eigenvalue weighted by molar-refractivity contribution is 5.41. The monoisotopic (exact) mass is 191 g/mol. The van der Waals surface area contributed by atoms with Crippen molar-refractivity contribution in [1.29, 1.82) is 0 Å². The zero-order valence-electron chi connectivity index (χ0n) is 8.53. The van der Waals surface area contributed by atoms with Gasteiger partial charge in [0.15, 0.2) is 0 Å². The van der Waals surface area contributed by atoms with Crippen LogP contribution in [0.25, 0.3) is 0 Å². The predicted octanol–water partition coefficient (Wildman–Crippen LogP) is 1.55. The molecule has 14 heavy (non-hydrogen) atoms. The van der Waals surface area contributed by atoms with Gasteiger partial charge in [-0.25, -0.2) is 0 Å². The molecule has 1 fully saturated rings. The molecule has 0 radical (unpaired) electrons. The first-order chi connectivity index (χ1) is 6.81. The molecule has 1 aliphatic carbocycles. The second kappa shape index (κ2) is 3.96. The summed E-state index contributed by atoms with van der Waals surface area (Å²) in [6.07, 6.45) is 4.37. The number of hydrogen-bond donors (Lipinski definition) is 2. The van der Waals surface area contributed by atoms with Crippen LogP contribution >= 0.6 is 0 Å². The van der Waals surface area contributed by atoms with E-state index in [9.17, 15) is 0 Å². The minimum atomic E-state index is 0.696. The van der Waals surface area contributed by atoms with E-state index in [1.807, 2.05) is 12.1 Å². The molecule has 2 rings (SSSR count). The molecule has 1 aromatic rings. The summed E-state index contributed by atoms with van der Waals surface area (Å²) in [4.78, 5) is 4.24. The number of pyridine rings is 1. The Balaban J connectivity index is 1.84. The maximum atomic E-state index is 5.79. The molecule has 0 amide bonds. The van der Waals surface area contributed by atoms with Gasteiger partial charge in [-0.05, 0) is 24.5 Å². The Kier molecular flexibility index (Phi) is 2.68. The van der Waals surface area contributed by atoms with E-state index in [-0.39, 0.29) is 0 Å². The van der Waals surface area contributed by atoms with Crippen LogP contribution in [0.3, 0.4) is 0 Å². The number of aromatic nitrogens is 1. The largest absolute Gasteiger partial charge is 0.397 e. The first kappa shape index (κ1) is 9.46. The van der Waals surface area contributed by atoms with Gasteiger partial charge in [0.05, 0.1) is 11.4 Å². The summed E-state index contributed by atoms with van der Waals surface area (Å²) in [5.74, 6) is 0.875.